The first-order valence-corrected chi connectivity index (χ1v) is 11.8. The molecule has 0 fully saturated rings. The highest BCUT2D eigenvalue weighted by atomic mass is 31.2. The number of carbonyl (C=O) groups is 1. The van der Waals surface area contributed by atoms with Crippen molar-refractivity contribution >= 4 is 46.1 Å². The van der Waals surface area contributed by atoms with Crippen LogP contribution in [-0.2, 0) is 14.1 Å². The molecule has 0 amide bonds. The van der Waals surface area contributed by atoms with Crippen LogP contribution in [0.5, 0.6) is 0 Å². The lowest BCUT2D eigenvalue weighted by atomic mass is 10.2. The van der Waals surface area contributed by atoms with Crippen molar-refractivity contribution in [3.05, 3.63) is 103 Å². The van der Waals surface area contributed by atoms with Gasteiger partial charge in [-0.25, -0.2) is 9.78 Å². The van der Waals surface area contributed by atoms with Gasteiger partial charge in [0.1, 0.15) is 5.44 Å². The van der Waals surface area contributed by atoms with Gasteiger partial charge in [0.05, 0.1) is 12.1 Å². The smallest absolute Gasteiger partial charge is 0.330 e. The SMILES string of the molecule is CCOC(=O)C=Cc1ccccc1P(=O)(c1ccccc1)c1ccc2ccccc2n1. The van der Waals surface area contributed by atoms with Crippen LogP contribution in [0.3, 0.4) is 0 Å². The Kier molecular flexibility index (Phi) is 6.11. The number of carbonyl (C=O) groups excluding carboxylic acids is 1. The van der Waals surface area contributed by atoms with Gasteiger partial charge < -0.3 is 9.30 Å². The summed E-state index contributed by atoms with van der Waals surface area (Å²) < 4.78 is 19.8. The number of fused-ring (bicyclic) bond motifs is 1. The minimum absolute atomic E-state index is 0.300. The van der Waals surface area contributed by atoms with E-state index in [1.807, 2.05) is 91.0 Å². The number of hydrogen-bond donors (Lipinski definition) is 0. The molecule has 0 spiro atoms. The zero-order valence-electron chi connectivity index (χ0n) is 17.1. The van der Waals surface area contributed by atoms with E-state index in [2.05, 4.69) is 0 Å². The summed E-state index contributed by atoms with van der Waals surface area (Å²) in [6, 6.07) is 28.3. The minimum Gasteiger partial charge on any atom is -0.463 e. The van der Waals surface area contributed by atoms with Crippen molar-refractivity contribution in [3.63, 3.8) is 0 Å². The Bertz CT molecular complexity index is 1300. The van der Waals surface area contributed by atoms with Crippen molar-refractivity contribution in [2.24, 2.45) is 0 Å². The first-order chi connectivity index (χ1) is 15.1. The maximum absolute atomic E-state index is 14.8. The summed E-state index contributed by atoms with van der Waals surface area (Å²) in [7, 11) is -3.31. The summed E-state index contributed by atoms with van der Waals surface area (Å²) in [5.74, 6) is -0.435. The van der Waals surface area contributed by atoms with Gasteiger partial charge in [-0.15, -0.1) is 0 Å². The monoisotopic (exact) mass is 427 g/mol. The van der Waals surface area contributed by atoms with E-state index in [4.69, 9.17) is 9.72 Å². The number of esters is 1. The van der Waals surface area contributed by atoms with Crippen LogP contribution in [0.25, 0.3) is 17.0 Å². The second kappa shape index (κ2) is 9.11. The lowest BCUT2D eigenvalue weighted by Crippen LogP contribution is -2.28. The zero-order valence-corrected chi connectivity index (χ0v) is 18.0. The standard InChI is InChI=1S/C26H22NO3P/c1-2-30-26(28)19-17-21-11-7-9-15-24(21)31(29,22-12-4-3-5-13-22)25-18-16-20-10-6-8-14-23(20)27-25/h3-19H,2H2,1H3. The molecule has 154 valence electrons. The Morgan fingerprint density at radius 3 is 2.42 bits per heavy atom. The predicted molar refractivity (Wildman–Crippen MR) is 127 cm³/mol. The number of hydrogen-bond acceptors (Lipinski definition) is 4. The molecule has 5 heteroatoms. The van der Waals surface area contributed by atoms with Crippen LogP contribution in [0, 0.1) is 0 Å². The Labute approximate surface area is 181 Å². The molecule has 0 aliphatic rings. The Balaban J connectivity index is 1.93. The third-order valence-corrected chi connectivity index (χ3v) is 7.99. The summed E-state index contributed by atoms with van der Waals surface area (Å²) in [6.07, 6.45) is 3.02. The largest absolute Gasteiger partial charge is 0.463 e. The van der Waals surface area contributed by atoms with Gasteiger partial charge in [0.15, 0.2) is 7.14 Å². The highest BCUT2D eigenvalue weighted by Crippen LogP contribution is 2.43. The molecule has 1 aromatic heterocycles. The summed E-state index contributed by atoms with van der Waals surface area (Å²) in [6.45, 7) is 2.06. The molecule has 31 heavy (non-hydrogen) atoms. The first-order valence-electron chi connectivity index (χ1n) is 10.1. The number of rotatable bonds is 6. The van der Waals surface area contributed by atoms with Gasteiger partial charge in [-0.3, -0.25) is 0 Å². The highest BCUT2D eigenvalue weighted by Gasteiger charge is 2.33. The van der Waals surface area contributed by atoms with E-state index in [1.165, 1.54) is 6.08 Å². The summed E-state index contributed by atoms with van der Waals surface area (Å²) in [5, 5.41) is 2.31. The van der Waals surface area contributed by atoms with Crippen molar-refractivity contribution in [1.29, 1.82) is 0 Å². The molecule has 1 unspecified atom stereocenters. The van der Waals surface area contributed by atoms with Gasteiger partial charge in [-0.1, -0.05) is 78.9 Å². The number of benzene rings is 3. The lowest BCUT2D eigenvalue weighted by molar-refractivity contribution is -0.137. The fraction of sp³-hybridized carbons (Fsp3) is 0.0769. The number of aromatic nitrogens is 1. The molecular weight excluding hydrogens is 405 g/mol. The molecule has 0 radical (unpaired) electrons. The molecule has 4 rings (SSSR count). The van der Waals surface area contributed by atoms with E-state index in [1.54, 1.807) is 13.0 Å². The maximum atomic E-state index is 14.8. The summed E-state index contributed by atoms with van der Waals surface area (Å²) >= 11 is 0. The highest BCUT2D eigenvalue weighted by molar-refractivity contribution is 7.85. The zero-order chi connectivity index (χ0) is 21.7. The van der Waals surface area contributed by atoms with Crippen molar-refractivity contribution in [1.82, 2.24) is 4.98 Å². The molecule has 4 aromatic rings. The van der Waals surface area contributed by atoms with Crippen molar-refractivity contribution < 1.29 is 14.1 Å². The molecule has 0 N–H and O–H groups in total. The molecule has 3 aromatic carbocycles. The Morgan fingerprint density at radius 1 is 0.903 bits per heavy atom. The Hall–Kier alpha value is -3.49. The van der Waals surface area contributed by atoms with Crippen LogP contribution in [0.1, 0.15) is 12.5 Å². The summed E-state index contributed by atoms with van der Waals surface area (Å²) in [5.41, 5.74) is 1.99. The molecule has 0 aliphatic carbocycles. The van der Waals surface area contributed by atoms with Crippen LogP contribution in [0.4, 0.5) is 0 Å². The van der Waals surface area contributed by atoms with Gasteiger partial charge in [0, 0.05) is 22.1 Å². The fourth-order valence-corrected chi connectivity index (χ4v) is 6.25. The van der Waals surface area contributed by atoms with Crippen molar-refractivity contribution in [2.75, 3.05) is 6.61 Å². The van der Waals surface area contributed by atoms with E-state index in [0.717, 1.165) is 10.9 Å². The van der Waals surface area contributed by atoms with Gasteiger partial charge in [-0.2, -0.15) is 0 Å². The molecule has 0 saturated carbocycles. The first kappa shape index (κ1) is 20.8. The average Bonchev–Trinajstić information content (AvgIpc) is 2.83. The van der Waals surface area contributed by atoms with Gasteiger partial charge in [0.2, 0.25) is 0 Å². The molecule has 0 bridgehead atoms. The number of pyridine rings is 1. The van der Waals surface area contributed by atoms with Crippen LogP contribution in [-0.4, -0.2) is 17.6 Å². The van der Waals surface area contributed by atoms with E-state index in [0.29, 0.717) is 28.2 Å². The second-order valence-corrected chi connectivity index (χ2v) is 9.63. The lowest BCUT2D eigenvalue weighted by Gasteiger charge is -2.21. The fourth-order valence-electron chi connectivity index (χ4n) is 3.53. The van der Waals surface area contributed by atoms with Crippen LogP contribution >= 0.6 is 7.14 Å². The molecule has 1 heterocycles. The minimum atomic E-state index is -3.31. The van der Waals surface area contributed by atoms with Crippen LogP contribution in [0.15, 0.2) is 97.1 Å². The third-order valence-electron chi connectivity index (χ3n) is 4.99. The van der Waals surface area contributed by atoms with E-state index >= 15 is 0 Å². The summed E-state index contributed by atoms with van der Waals surface area (Å²) in [4.78, 5) is 16.7. The van der Waals surface area contributed by atoms with Gasteiger partial charge in [-0.05, 0) is 30.7 Å². The second-order valence-electron chi connectivity index (χ2n) is 6.95. The molecular formula is C26H22NO3P. The number of nitrogens with zero attached hydrogens (tertiary/aromatic N) is 1. The van der Waals surface area contributed by atoms with Gasteiger partial charge >= 0.3 is 5.97 Å². The van der Waals surface area contributed by atoms with Crippen LogP contribution < -0.4 is 16.0 Å². The molecule has 4 nitrogen and oxygen atoms in total. The normalized spacial score (nSPS) is 13.2. The number of para-hydroxylation sites is 1. The van der Waals surface area contributed by atoms with Gasteiger partial charge in [0.25, 0.3) is 0 Å². The quantitative estimate of drug-likeness (QED) is 0.259. The van der Waals surface area contributed by atoms with Crippen molar-refractivity contribution in [2.45, 2.75) is 6.92 Å². The van der Waals surface area contributed by atoms with Crippen LogP contribution in [0.2, 0.25) is 0 Å². The van der Waals surface area contributed by atoms with E-state index in [9.17, 15) is 9.36 Å². The number of ether oxygens (including phenoxy) is 1. The topological polar surface area (TPSA) is 56.3 Å². The van der Waals surface area contributed by atoms with Crippen molar-refractivity contribution in [3.8, 4) is 0 Å². The maximum Gasteiger partial charge on any atom is 0.330 e. The molecule has 0 saturated heterocycles. The molecule has 1 atom stereocenters. The van der Waals surface area contributed by atoms with E-state index < -0.39 is 13.1 Å². The third kappa shape index (κ3) is 4.21. The van der Waals surface area contributed by atoms with E-state index in [-0.39, 0.29) is 0 Å². The predicted octanol–water partition coefficient (Wildman–Crippen LogP) is 4.45. The Morgan fingerprint density at radius 2 is 1.61 bits per heavy atom. The average molecular weight is 427 g/mol. The molecule has 0 aliphatic heterocycles.